The molecule has 1 saturated carbocycles. The van der Waals surface area contributed by atoms with Gasteiger partial charge in [-0.15, -0.1) is 0 Å². The average Bonchev–Trinajstić information content (AvgIpc) is 3.41. The molecule has 3 rings (SSSR count). The molecule has 2 aromatic rings. The Balaban J connectivity index is 1.57. The number of nitrogens with zero attached hydrogens (tertiary/aromatic N) is 1. The summed E-state index contributed by atoms with van der Waals surface area (Å²) in [4.78, 5) is 26.4. The van der Waals surface area contributed by atoms with Crippen molar-refractivity contribution in [3.8, 4) is 0 Å². The summed E-state index contributed by atoms with van der Waals surface area (Å²) in [6.07, 6.45) is 2.02. The van der Waals surface area contributed by atoms with Gasteiger partial charge in [0.1, 0.15) is 5.82 Å². The molecule has 0 heterocycles. The zero-order valence-electron chi connectivity index (χ0n) is 14.7. The van der Waals surface area contributed by atoms with Gasteiger partial charge >= 0.3 is 0 Å². The number of hydrogen-bond acceptors (Lipinski definition) is 3. The minimum absolute atomic E-state index is 0.163. The quantitative estimate of drug-likeness (QED) is 0.803. The molecule has 0 spiro atoms. The third-order valence-corrected chi connectivity index (χ3v) is 4.14. The van der Waals surface area contributed by atoms with Crippen molar-refractivity contribution in [2.45, 2.75) is 25.4 Å². The Hall–Kier alpha value is -2.73. The van der Waals surface area contributed by atoms with E-state index in [1.807, 2.05) is 11.9 Å². The molecule has 1 aliphatic rings. The Morgan fingerprint density at radius 3 is 2.50 bits per heavy atom. The van der Waals surface area contributed by atoms with Crippen molar-refractivity contribution in [1.29, 1.82) is 0 Å². The van der Waals surface area contributed by atoms with E-state index in [0.29, 0.717) is 17.8 Å². The minimum Gasteiger partial charge on any atom is -0.349 e. The normalized spacial score (nSPS) is 13.5. The summed E-state index contributed by atoms with van der Waals surface area (Å²) in [7, 11) is 1.81. The molecule has 0 aromatic heterocycles. The fourth-order valence-corrected chi connectivity index (χ4v) is 2.67. The molecule has 6 heteroatoms. The fraction of sp³-hybridized carbons (Fsp3) is 0.300. The van der Waals surface area contributed by atoms with Gasteiger partial charge in [0.15, 0.2) is 0 Å². The van der Waals surface area contributed by atoms with Gasteiger partial charge in [0.05, 0.1) is 17.8 Å². The Bertz CT molecular complexity index is 788. The SMILES string of the molecule is CN(CC(=O)Nc1ccccc1C(=O)NC1CC1)Cc1ccc(F)cc1. The summed E-state index contributed by atoms with van der Waals surface area (Å²) in [6.45, 7) is 0.688. The molecule has 0 unspecified atom stereocenters. The number of para-hydroxylation sites is 1. The molecular weight excluding hydrogens is 333 g/mol. The van der Waals surface area contributed by atoms with Gasteiger partial charge in [0, 0.05) is 12.6 Å². The summed E-state index contributed by atoms with van der Waals surface area (Å²) in [5, 5.41) is 5.74. The van der Waals surface area contributed by atoms with E-state index in [0.717, 1.165) is 18.4 Å². The van der Waals surface area contributed by atoms with Crippen LogP contribution in [0.2, 0.25) is 0 Å². The largest absolute Gasteiger partial charge is 0.349 e. The number of likely N-dealkylation sites (N-methyl/N-ethyl adjacent to an activating group) is 1. The second-order valence-electron chi connectivity index (χ2n) is 6.64. The number of amides is 2. The van der Waals surface area contributed by atoms with Gasteiger partial charge in [0.2, 0.25) is 5.91 Å². The highest BCUT2D eigenvalue weighted by molar-refractivity contribution is 6.04. The maximum absolute atomic E-state index is 13.0. The number of hydrogen-bond donors (Lipinski definition) is 2. The standard InChI is InChI=1S/C20H22FN3O2/c1-24(12-14-6-8-15(21)9-7-14)13-19(25)23-18-5-3-2-4-17(18)20(26)22-16-10-11-16/h2-9,16H,10-13H2,1H3,(H,22,26)(H,23,25). The maximum Gasteiger partial charge on any atom is 0.253 e. The van der Waals surface area contributed by atoms with Crippen LogP contribution in [0.1, 0.15) is 28.8 Å². The van der Waals surface area contributed by atoms with Gasteiger partial charge in [-0.2, -0.15) is 0 Å². The van der Waals surface area contributed by atoms with E-state index in [1.54, 1.807) is 36.4 Å². The number of anilines is 1. The molecule has 0 saturated heterocycles. The smallest absolute Gasteiger partial charge is 0.253 e. The van der Waals surface area contributed by atoms with E-state index in [-0.39, 0.29) is 30.2 Å². The van der Waals surface area contributed by atoms with Crippen molar-refractivity contribution in [3.63, 3.8) is 0 Å². The van der Waals surface area contributed by atoms with Crippen LogP contribution in [0.25, 0.3) is 0 Å². The number of benzene rings is 2. The summed E-state index contributed by atoms with van der Waals surface area (Å²) >= 11 is 0. The summed E-state index contributed by atoms with van der Waals surface area (Å²) < 4.78 is 13.0. The Morgan fingerprint density at radius 1 is 1.12 bits per heavy atom. The fourth-order valence-electron chi connectivity index (χ4n) is 2.67. The van der Waals surface area contributed by atoms with E-state index in [1.165, 1.54) is 12.1 Å². The molecule has 0 radical (unpaired) electrons. The van der Waals surface area contributed by atoms with Crippen LogP contribution in [0.4, 0.5) is 10.1 Å². The van der Waals surface area contributed by atoms with Crippen molar-refractivity contribution in [3.05, 3.63) is 65.5 Å². The van der Waals surface area contributed by atoms with Crippen molar-refractivity contribution in [2.24, 2.45) is 0 Å². The highest BCUT2D eigenvalue weighted by atomic mass is 19.1. The summed E-state index contributed by atoms with van der Waals surface area (Å²) in [5.74, 6) is -0.653. The number of carbonyl (C=O) groups is 2. The lowest BCUT2D eigenvalue weighted by Gasteiger charge is -2.17. The van der Waals surface area contributed by atoms with Crippen molar-refractivity contribution >= 4 is 17.5 Å². The molecule has 5 nitrogen and oxygen atoms in total. The van der Waals surface area contributed by atoms with E-state index in [9.17, 15) is 14.0 Å². The topological polar surface area (TPSA) is 61.4 Å². The highest BCUT2D eigenvalue weighted by Gasteiger charge is 2.25. The lowest BCUT2D eigenvalue weighted by Crippen LogP contribution is -2.31. The zero-order valence-corrected chi connectivity index (χ0v) is 14.7. The third kappa shape index (κ3) is 5.13. The monoisotopic (exact) mass is 355 g/mol. The van der Waals surface area contributed by atoms with Crippen LogP contribution in [0.5, 0.6) is 0 Å². The second kappa shape index (κ2) is 8.10. The first-order chi connectivity index (χ1) is 12.5. The van der Waals surface area contributed by atoms with E-state index in [4.69, 9.17) is 0 Å². The van der Waals surface area contributed by atoms with E-state index in [2.05, 4.69) is 10.6 Å². The molecule has 26 heavy (non-hydrogen) atoms. The molecule has 1 fully saturated rings. The lowest BCUT2D eigenvalue weighted by molar-refractivity contribution is -0.117. The third-order valence-electron chi connectivity index (χ3n) is 4.14. The predicted octanol–water partition coefficient (Wildman–Crippen LogP) is 2.79. The molecule has 136 valence electrons. The first kappa shape index (κ1) is 18.1. The van der Waals surface area contributed by atoms with Crippen LogP contribution in [0.3, 0.4) is 0 Å². The molecule has 0 atom stereocenters. The molecule has 2 amide bonds. The van der Waals surface area contributed by atoms with Crippen molar-refractivity contribution in [2.75, 3.05) is 18.9 Å². The molecule has 2 aromatic carbocycles. The second-order valence-corrected chi connectivity index (χ2v) is 6.64. The lowest BCUT2D eigenvalue weighted by atomic mass is 10.1. The number of nitrogens with one attached hydrogen (secondary N) is 2. The molecule has 2 N–H and O–H groups in total. The number of rotatable bonds is 7. The van der Waals surface area contributed by atoms with Crippen LogP contribution < -0.4 is 10.6 Å². The predicted molar refractivity (Wildman–Crippen MR) is 98.3 cm³/mol. The molecule has 0 aliphatic heterocycles. The van der Waals surface area contributed by atoms with E-state index >= 15 is 0 Å². The van der Waals surface area contributed by atoms with Crippen molar-refractivity contribution in [1.82, 2.24) is 10.2 Å². The van der Waals surface area contributed by atoms with Crippen LogP contribution in [0.15, 0.2) is 48.5 Å². The minimum atomic E-state index is -0.282. The Labute approximate surface area is 152 Å². The van der Waals surface area contributed by atoms with E-state index < -0.39 is 0 Å². The van der Waals surface area contributed by atoms with Gasteiger partial charge in [-0.05, 0) is 49.7 Å². The Morgan fingerprint density at radius 2 is 1.81 bits per heavy atom. The number of halogens is 1. The maximum atomic E-state index is 13.0. The molecule has 1 aliphatic carbocycles. The summed E-state index contributed by atoms with van der Waals surface area (Å²) in [6, 6.07) is 13.4. The number of carbonyl (C=O) groups excluding carboxylic acids is 2. The Kier molecular flexibility index (Phi) is 5.63. The van der Waals surface area contributed by atoms with Crippen LogP contribution in [0, 0.1) is 5.82 Å². The van der Waals surface area contributed by atoms with Gasteiger partial charge in [0.25, 0.3) is 5.91 Å². The summed E-state index contributed by atoms with van der Waals surface area (Å²) in [5.41, 5.74) is 1.89. The van der Waals surface area contributed by atoms with Crippen molar-refractivity contribution < 1.29 is 14.0 Å². The zero-order chi connectivity index (χ0) is 18.5. The van der Waals surface area contributed by atoms with Gasteiger partial charge in [-0.1, -0.05) is 24.3 Å². The first-order valence-electron chi connectivity index (χ1n) is 8.64. The van der Waals surface area contributed by atoms with Crippen LogP contribution >= 0.6 is 0 Å². The van der Waals surface area contributed by atoms with Gasteiger partial charge in [-0.3, -0.25) is 14.5 Å². The van der Waals surface area contributed by atoms with Gasteiger partial charge in [-0.25, -0.2) is 4.39 Å². The van der Waals surface area contributed by atoms with Crippen LogP contribution in [-0.4, -0.2) is 36.3 Å². The van der Waals surface area contributed by atoms with Crippen LogP contribution in [-0.2, 0) is 11.3 Å². The molecular formula is C20H22FN3O2. The average molecular weight is 355 g/mol. The van der Waals surface area contributed by atoms with Gasteiger partial charge < -0.3 is 10.6 Å². The molecule has 0 bridgehead atoms. The first-order valence-corrected chi connectivity index (χ1v) is 8.64. The highest BCUT2D eigenvalue weighted by Crippen LogP contribution is 2.21.